The van der Waals surface area contributed by atoms with Gasteiger partial charge in [-0.05, 0) is 17.7 Å². The predicted molar refractivity (Wildman–Crippen MR) is 56.2 cm³/mol. The molecule has 0 unspecified atom stereocenters. The fourth-order valence-corrected chi connectivity index (χ4v) is 1.08. The first-order valence-corrected chi connectivity index (χ1v) is 4.00. The molecule has 1 aromatic carbocycles. The zero-order valence-corrected chi connectivity index (χ0v) is 8.57. The highest BCUT2D eigenvalue weighted by atomic mass is 35.5. The SMILES string of the molecule is Cl.N[C@H](CC(=O)O)c1ccc(O)c(O)c1. The van der Waals surface area contributed by atoms with Crippen molar-refractivity contribution in [2.45, 2.75) is 12.5 Å². The summed E-state index contributed by atoms with van der Waals surface area (Å²) in [5, 5.41) is 26.6. The molecule has 0 aliphatic heterocycles. The highest BCUT2D eigenvalue weighted by Gasteiger charge is 2.12. The molecule has 0 aliphatic carbocycles. The second-order valence-electron chi connectivity index (χ2n) is 2.95. The number of benzene rings is 1. The maximum Gasteiger partial charge on any atom is 0.305 e. The van der Waals surface area contributed by atoms with Gasteiger partial charge in [0.25, 0.3) is 0 Å². The average Bonchev–Trinajstić information content (AvgIpc) is 2.08. The lowest BCUT2D eigenvalue weighted by atomic mass is 10.0. The minimum absolute atomic E-state index is 0. The summed E-state index contributed by atoms with van der Waals surface area (Å²) in [7, 11) is 0. The van der Waals surface area contributed by atoms with Crippen molar-refractivity contribution in [3.63, 3.8) is 0 Å². The number of aromatic hydroxyl groups is 2. The van der Waals surface area contributed by atoms with E-state index >= 15 is 0 Å². The molecule has 0 bridgehead atoms. The molecule has 15 heavy (non-hydrogen) atoms. The summed E-state index contributed by atoms with van der Waals surface area (Å²) in [5.41, 5.74) is 6.02. The van der Waals surface area contributed by atoms with E-state index in [1.54, 1.807) is 0 Å². The Morgan fingerprint density at radius 2 is 1.93 bits per heavy atom. The van der Waals surface area contributed by atoms with Crippen molar-refractivity contribution >= 4 is 18.4 Å². The summed E-state index contributed by atoms with van der Waals surface area (Å²) < 4.78 is 0. The van der Waals surface area contributed by atoms with Crippen molar-refractivity contribution in [2.24, 2.45) is 5.73 Å². The van der Waals surface area contributed by atoms with E-state index in [2.05, 4.69) is 0 Å². The third-order valence-electron chi connectivity index (χ3n) is 1.82. The Balaban J connectivity index is 0.00000196. The van der Waals surface area contributed by atoms with Crippen molar-refractivity contribution in [1.29, 1.82) is 0 Å². The van der Waals surface area contributed by atoms with Crippen LogP contribution in [0.1, 0.15) is 18.0 Å². The van der Waals surface area contributed by atoms with E-state index in [1.165, 1.54) is 18.2 Å². The molecule has 0 amide bonds. The number of carboxylic acids is 1. The summed E-state index contributed by atoms with van der Waals surface area (Å²) in [6, 6.07) is 3.32. The van der Waals surface area contributed by atoms with Crippen molar-refractivity contribution in [2.75, 3.05) is 0 Å². The fraction of sp³-hybridized carbons (Fsp3) is 0.222. The summed E-state index contributed by atoms with van der Waals surface area (Å²) in [6.07, 6.45) is -0.218. The predicted octanol–water partition coefficient (Wildman–Crippen LogP) is 0.994. The van der Waals surface area contributed by atoms with Gasteiger partial charge in [0.05, 0.1) is 6.42 Å². The highest BCUT2D eigenvalue weighted by Crippen LogP contribution is 2.27. The maximum atomic E-state index is 10.3. The average molecular weight is 234 g/mol. The molecule has 1 aromatic rings. The Morgan fingerprint density at radius 3 is 2.40 bits per heavy atom. The van der Waals surface area contributed by atoms with Gasteiger partial charge in [-0.15, -0.1) is 12.4 Å². The number of halogens is 1. The Kier molecular flexibility index (Phi) is 4.90. The van der Waals surface area contributed by atoms with Crippen molar-refractivity contribution < 1.29 is 20.1 Å². The quantitative estimate of drug-likeness (QED) is 0.583. The minimum Gasteiger partial charge on any atom is -0.504 e. The topological polar surface area (TPSA) is 104 Å². The smallest absolute Gasteiger partial charge is 0.305 e. The first-order chi connectivity index (χ1) is 6.50. The second-order valence-corrected chi connectivity index (χ2v) is 2.95. The van der Waals surface area contributed by atoms with Crippen LogP contribution in [0.4, 0.5) is 0 Å². The van der Waals surface area contributed by atoms with E-state index in [0.29, 0.717) is 5.56 Å². The van der Waals surface area contributed by atoms with Gasteiger partial charge in [-0.25, -0.2) is 0 Å². The van der Waals surface area contributed by atoms with E-state index in [0.717, 1.165) is 0 Å². The summed E-state index contributed by atoms with van der Waals surface area (Å²) in [5.74, 6) is -1.57. The van der Waals surface area contributed by atoms with Crippen LogP contribution < -0.4 is 5.73 Å². The molecule has 5 nitrogen and oxygen atoms in total. The van der Waals surface area contributed by atoms with E-state index in [1.807, 2.05) is 0 Å². The lowest BCUT2D eigenvalue weighted by molar-refractivity contribution is -0.137. The van der Waals surface area contributed by atoms with Gasteiger partial charge in [-0.1, -0.05) is 6.07 Å². The van der Waals surface area contributed by atoms with Gasteiger partial charge in [0.2, 0.25) is 0 Å². The number of rotatable bonds is 3. The van der Waals surface area contributed by atoms with Crippen LogP contribution in [-0.4, -0.2) is 21.3 Å². The number of aliphatic carboxylic acids is 1. The molecule has 0 radical (unpaired) electrons. The zero-order valence-electron chi connectivity index (χ0n) is 7.75. The number of nitrogens with two attached hydrogens (primary N) is 1. The van der Waals surface area contributed by atoms with Gasteiger partial charge in [-0.3, -0.25) is 4.79 Å². The molecule has 1 rings (SSSR count). The van der Waals surface area contributed by atoms with Crippen LogP contribution in [0.3, 0.4) is 0 Å². The summed E-state index contributed by atoms with van der Waals surface area (Å²) in [6.45, 7) is 0. The Morgan fingerprint density at radius 1 is 1.33 bits per heavy atom. The van der Waals surface area contributed by atoms with Crippen LogP contribution >= 0.6 is 12.4 Å². The first-order valence-electron chi connectivity index (χ1n) is 4.00. The van der Waals surface area contributed by atoms with Gasteiger partial charge in [0.1, 0.15) is 0 Å². The number of hydrogen-bond acceptors (Lipinski definition) is 4. The standard InChI is InChI=1S/C9H11NO4.ClH/c10-6(4-9(13)14)5-1-2-7(11)8(12)3-5;/h1-3,6,11-12H,4,10H2,(H,13,14);1H/t6-;/m1./s1. The van der Waals surface area contributed by atoms with Gasteiger partial charge < -0.3 is 21.1 Å². The molecule has 0 fully saturated rings. The van der Waals surface area contributed by atoms with Crippen LogP contribution in [0.2, 0.25) is 0 Å². The molecule has 0 aromatic heterocycles. The fourth-order valence-electron chi connectivity index (χ4n) is 1.08. The number of hydrogen-bond donors (Lipinski definition) is 4. The van der Waals surface area contributed by atoms with Crippen LogP contribution in [0.15, 0.2) is 18.2 Å². The number of carboxylic acid groups (broad SMARTS) is 1. The molecule has 1 atom stereocenters. The molecule has 0 spiro atoms. The van der Waals surface area contributed by atoms with Crippen molar-refractivity contribution in [3.8, 4) is 11.5 Å². The van der Waals surface area contributed by atoms with Crippen LogP contribution in [0, 0.1) is 0 Å². The molecular weight excluding hydrogens is 222 g/mol. The Hall–Kier alpha value is -1.46. The Bertz CT molecular complexity index is 356. The van der Waals surface area contributed by atoms with Crippen molar-refractivity contribution in [3.05, 3.63) is 23.8 Å². The van der Waals surface area contributed by atoms with E-state index in [9.17, 15) is 4.79 Å². The molecule has 5 N–H and O–H groups in total. The van der Waals surface area contributed by atoms with Crippen LogP contribution in [-0.2, 0) is 4.79 Å². The second kappa shape index (κ2) is 5.43. The summed E-state index contributed by atoms with van der Waals surface area (Å²) >= 11 is 0. The number of phenols is 2. The van der Waals surface area contributed by atoms with Gasteiger partial charge in [-0.2, -0.15) is 0 Å². The van der Waals surface area contributed by atoms with Crippen molar-refractivity contribution in [1.82, 2.24) is 0 Å². The van der Waals surface area contributed by atoms with Gasteiger partial charge in [0.15, 0.2) is 11.5 Å². The van der Waals surface area contributed by atoms with Crippen LogP contribution in [0.25, 0.3) is 0 Å². The van der Waals surface area contributed by atoms with E-state index in [4.69, 9.17) is 21.1 Å². The molecule has 0 aliphatic rings. The molecular formula is C9H12ClNO4. The minimum atomic E-state index is -1.01. The van der Waals surface area contributed by atoms with Gasteiger partial charge >= 0.3 is 5.97 Å². The largest absolute Gasteiger partial charge is 0.504 e. The lowest BCUT2D eigenvalue weighted by Crippen LogP contribution is -2.14. The third kappa shape index (κ3) is 3.65. The van der Waals surface area contributed by atoms with E-state index < -0.39 is 12.0 Å². The molecule has 0 heterocycles. The third-order valence-corrected chi connectivity index (χ3v) is 1.82. The molecule has 0 saturated carbocycles. The van der Waals surface area contributed by atoms with Gasteiger partial charge in [0, 0.05) is 6.04 Å². The zero-order chi connectivity index (χ0) is 10.7. The maximum absolute atomic E-state index is 10.3. The van der Waals surface area contributed by atoms with E-state index in [-0.39, 0.29) is 30.3 Å². The van der Waals surface area contributed by atoms with Crippen LogP contribution in [0.5, 0.6) is 11.5 Å². The number of phenolic OH excluding ortho intramolecular Hbond substituents is 2. The molecule has 6 heteroatoms. The lowest BCUT2D eigenvalue weighted by Gasteiger charge is -2.09. The monoisotopic (exact) mass is 233 g/mol. The Labute approximate surface area is 92.6 Å². The molecule has 0 saturated heterocycles. The summed E-state index contributed by atoms with van der Waals surface area (Å²) in [4.78, 5) is 10.3. The molecule has 84 valence electrons. The normalized spacial score (nSPS) is 11.5. The highest BCUT2D eigenvalue weighted by molar-refractivity contribution is 5.85. The number of carbonyl (C=O) groups is 1. The first kappa shape index (κ1) is 13.5.